The summed E-state index contributed by atoms with van der Waals surface area (Å²) in [6.07, 6.45) is 0. The molecule has 0 radical (unpaired) electrons. The van der Waals surface area contributed by atoms with Crippen LogP contribution in [0.5, 0.6) is 0 Å². The number of rotatable bonds is 3. The van der Waals surface area contributed by atoms with Crippen LogP contribution in [0.2, 0.25) is 0 Å². The number of nitrogens with zero attached hydrogens (tertiary/aromatic N) is 2. The van der Waals surface area contributed by atoms with Crippen LogP contribution in [0.25, 0.3) is 0 Å². The average molecular weight is 306 g/mol. The third-order valence-corrected chi connectivity index (χ3v) is 4.01. The van der Waals surface area contributed by atoms with Gasteiger partial charge in [-0.25, -0.2) is 0 Å². The Kier molecular flexibility index (Phi) is 3.82. The maximum atomic E-state index is 12.7. The van der Waals surface area contributed by atoms with Gasteiger partial charge in [0.2, 0.25) is 0 Å². The molecule has 116 valence electrons. The van der Waals surface area contributed by atoms with Gasteiger partial charge in [0.15, 0.2) is 5.78 Å². The number of anilines is 1. The molecule has 4 nitrogen and oxygen atoms in total. The third kappa shape index (κ3) is 2.80. The highest BCUT2D eigenvalue weighted by molar-refractivity contribution is 6.30. The van der Waals surface area contributed by atoms with Crippen LogP contribution in [0.3, 0.4) is 0 Å². The Morgan fingerprint density at radius 3 is 2.00 bits per heavy atom. The smallest absolute Gasteiger partial charge is 0.264 e. The van der Waals surface area contributed by atoms with Crippen molar-refractivity contribution in [2.45, 2.75) is 20.8 Å². The Morgan fingerprint density at radius 2 is 1.43 bits per heavy atom. The second-order valence-corrected chi connectivity index (χ2v) is 5.89. The lowest BCUT2D eigenvalue weighted by Crippen LogP contribution is -2.32. The topological polar surface area (TPSA) is 49.7 Å². The zero-order valence-corrected chi connectivity index (χ0v) is 13.4. The molecule has 0 aromatic heterocycles. The summed E-state index contributed by atoms with van der Waals surface area (Å²) in [5, 5.41) is 5.62. The third-order valence-electron chi connectivity index (χ3n) is 4.01. The molecule has 4 heteroatoms. The number of hydrogen-bond acceptors (Lipinski definition) is 3. The summed E-state index contributed by atoms with van der Waals surface area (Å²) >= 11 is 0. The molecule has 0 spiro atoms. The molecule has 1 aliphatic heterocycles. The van der Waals surface area contributed by atoms with E-state index in [0.29, 0.717) is 17.0 Å². The normalized spacial score (nSPS) is 17.3. The molecule has 23 heavy (non-hydrogen) atoms. The van der Waals surface area contributed by atoms with Crippen molar-refractivity contribution in [3.63, 3.8) is 0 Å². The predicted octanol–water partition coefficient (Wildman–Crippen LogP) is 3.53. The summed E-state index contributed by atoms with van der Waals surface area (Å²) in [6.45, 7) is 5.66. The van der Waals surface area contributed by atoms with Crippen molar-refractivity contribution in [3.8, 4) is 0 Å². The van der Waals surface area contributed by atoms with Crippen molar-refractivity contribution in [2.24, 2.45) is 11.0 Å². The fraction of sp³-hybridized carbons (Fsp3) is 0.211. The van der Waals surface area contributed by atoms with Gasteiger partial charge in [-0.2, -0.15) is 10.1 Å². The molecule has 0 bridgehead atoms. The zero-order chi connectivity index (χ0) is 16.6. The highest BCUT2D eigenvalue weighted by Crippen LogP contribution is 2.26. The van der Waals surface area contributed by atoms with Gasteiger partial charge in [-0.3, -0.25) is 9.59 Å². The van der Waals surface area contributed by atoms with E-state index < -0.39 is 5.92 Å². The molecule has 0 saturated heterocycles. The van der Waals surface area contributed by atoms with Crippen molar-refractivity contribution in [1.82, 2.24) is 0 Å². The van der Waals surface area contributed by atoms with Crippen molar-refractivity contribution in [3.05, 3.63) is 65.2 Å². The van der Waals surface area contributed by atoms with E-state index >= 15 is 0 Å². The number of aryl methyl sites for hydroxylation is 2. The summed E-state index contributed by atoms with van der Waals surface area (Å²) < 4.78 is 0. The fourth-order valence-electron chi connectivity index (χ4n) is 2.62. The van der Waals surface area contributed by atoms with Gasteiger partial charge >= 0.3 is 0 Å². The van der Waals surface area contributed by atoms with Crippen LogP contribution in [-0.4, -0.2) is 17.4 Å². The minimum atomic E-state index is -0.834. The van der Waals surface area contributed by atoms with E-state index in [4.69, 9.17) is 0 Å². The molecule has 3 rings (SSSR count). The summed E-state index contributed by atoms with van der Waals surface area (Å²) in [5.74, 6) is -1.33. The first-order valence-electron chi connectivity index (χ1n) is 7.54. The zero-order valence-electron chi connectivity index (χ0n) is 13.4. The molecule has 0 fully saturated rings. The van der Waals surface area contributed by atoms with Crippen molar-refractivity contribution in [1.29, 1.82) is 0 Å². The standard InChI is InChI=1S/C19H18N2O2/c1-12-4-8-15(9-5-12)18(22)17-14(3)20-21(19(17)23)16-10-6-13(2)7-11-16/h4-11,17H,1-3H3. The lowest BCUT2D eigenvalue weighted by molar-refractivity contribution is -0.118. The van der Waals surface area contributed by atoms with E-state index in [1.807, 2.05) is 50.2 Å². The summed E-state index contributed by atoms with van der Waals surface area (Å²) in [6, 6.07) is 14.8. The fourth-order valence-corrected chi connectivity index (χ4v) is 2.62. The van der Waals surface area contributed by atoms with E-state index in [0.717, 1.165) is 11.1 Å². The van der Waals surface area contributed by atoms with Crippen molar-refractivity contribution in [2.75, 3.05) is 5.01 Å². The van der Waals surface area contributed by atoms with Crippen molar-refractivity contribution >= 4 is 23.1 Å². The second-order valence-electron chi connectivity index (χ2n) is 5.89. The molecule has 1 aliphatic rings. The van der Waals surface area contributed by atoms with Crippen molar-refractivity contribution < 1.29 is 9.59 Å². The summed E-state index contributed by atoms with van der Waals surface area (Å²) in [7, 11) is 0. The van der Waals surface area contributed by atoms with Crippen LogP contribution in [0.15, 0.2) is 53.6 Å². The highest BCUT2D eigenvalue weighted by Gasteiger charge is 2.39. The molecule has 2 aromatic rings. The molecule has 0 saturated carbocycles. The van der Waals surface area contributed by atoms with Crippen LogP contribution >= 0.6 is 0 Å². The van der Waals surface area contributed by atoms with E-state index in [2.05, 4.69) is 5.10 Å². The molecule has 1 unspecified atom stereocenters. The number of hydrazone groups is 1. The number of hydrogen-bond donors (Lipinski definition) is 0. The van der Waals surface area contributed by atoms with Gasteiger partial charge in [-0.15, -0.1) is 0 Å². The van der Waals surface area contributed by atoms with Gasteiger partial charge in [0.1, 0.15) is 5.92 Å². The minimum absolute atomic E-state index is 0.203. The molecular formula is C19H18N2O2. The summed E-state index contributed by atoms with van der Waals surface area (Å²) in [4.78, 5) is 25.4. The van der Waals surface area contributed by atoms with Gasteiger partial charge in [-0.05, 0) is 32.9 Å². The second kappa shape index (κ2) is 5.80. The number of ketones is 1. The Labute approximate surface area is 135 Å². The predicted molar refractivity (Wildman–Crippen MR) is 90.8 cm³/mol. The first-order chi connectivity index (χ1) is 11.0. The molecule has 0 N–H and O–H groups in total. The van der Waals surface area contributed by atoms with Gasteiger partial charge in [0.05, 0.1) is 11.4 Å². The van der Waals surface area contributed by atoms with Crippen LogP contribution in [0.4, 0.5) is 5.69 Å². The first kappa shape index (κ1) is 15.2. The van der Waals surface area contributed by atoms with E-state index in [1.165, 1.54) is 5.01 Å². The summed E-state index contributed by atoms with van der Waals surface area (Å²) in [5.41, 5.74) is 3.92. The highest BCUT2D eigenvalue weighted by atomic mass is 16.2. The maximum Gasteiger partial charge on any atom is 0.264 e. The lowest BCUT2D eigenvalue weighted by Gasteiger charge is -2.14. The Hall–Kier alpha value is -2.75. The van der Waals surface area contributed by atoms with Crippen LogP contribution in [0, 0.1) is 19.8 Å². The average Bonchev–Trinajstić information content (AvgIpc) is 2.83. The molecule has 0 aliphatic carbocycles. The number of amides is 1. The minimum Gasteiger partial charge on any atom is -0.293 e. The molecular weight excluding hydrogens is 288 g/mol. The number of benzene rings is 2. The number of carbonyl (C=O) groups is 2. The quantitative estimate of drug-likeness (QED) is 0.643. The number of carbonyl (C=O) groups excluding carboxylic acids is 2. The molecule has 1 heterocycles. The number of Topliss-reactive ketones (excluding diaryl/α,β-unsaturated/α-hetero) is 1. The van der Waals surface area contributed by atoms with Gasteiger partial charge in [-0.1, -0.05) is 47.5 Å². The Balaban J connectivity index is 1.89. The van der Waals surface area contributed by atoms with Crippen LogP contribution < -0.4 is 5.01 Å². The largest absolute Gasteiger partial charge is 0.293 e. The first-order valence-corrected chi connectivity index (χ1v) is 7.54. The van der Waals surface area contributed by atoms with Gasteiger partial charge < -0.3 is 0 Å². The molecule has 1 amide bonds. The van der Waals surface area contributed by atoms with Gasteiger partial charge in [0, 0.05) is 5.56 Å². The van der Waals surface area contributed by atoms with Crippen LogP contribution in [0.1, 0.15) is 28.4 Å². The lowest BCUT2D eigenvalue weighted by atomic mass is 9.93. The SMILES string of the molecule is CC1=NN(c2ccc(C)cc2)C(=O)C1C(=O)c1ccc(C)cc1. The maximum absolute atomic E-state index is 12.7. The van der Waals surface area contributed by atoms with Crippen LogP contribution in [-0.2, 0) is 4.79 Å². The van der Waals surface area contributed by atoms with E-state index in [1.54, 1.807) is 19.1 Å². The van der Waals surface area contributed by atoms with E-state index in [9.17, 15) is 9.59 Å². The Morgan fingerprint density at radius 1 is 0.913 bits per heavy atom. The Bertz CT molecular complexity index is 789. The molecule has 1 atom stereocenters. The monoisotopic (exact) mass is 306 g/mol. The molecule has 2 aromatic carbocycles. The van der Waals surface area contributed by atoms with E-state index in [-0.39, 0.29) is 11.7 Å². The van der Waals surface area contributed by atoms with Gasteiger partial charge in [0.25, 0.3) is 5.91 Å².